The van der Waals surface area contributed by atoms with E-state index in [1.54, 1.807) is 29.2 Å². The van der Waals surface area contributed by atoms with Crippen LogP contribution in [-0.4, -0.2) is 42.9 Å². The Morgan fingerprint density at radius 2 is 1.41 bits per heavy atom. The van der Waals surface area contributed by atoms with Crippen LogP contribution < -0.4 is 0 Å². The number of rotatable bonds is 5. The quantitative estimate of drug-likeness (QED) is 0.760. The zero-order valence-corrected chi connectivity index (χ0v) is 15.1. The van der Waals surface area contributed by atoms with Crippen LogP contribution in [0, 0.1) is 0 Å². The number of methoxy groups -OCH3 is 1. The number of hydrogen-bond donors (Lipinski definition) is 0. The Bertz CT molecular complexity index is 810. The van der Waals surface area contributed by atoms with Crippen molar-refractivity contribution >= 4 is 17.8 Å². The van der Waals surface area contributed by atoms with Gasteiger partial charge in [0, 0.05) is 18.7 Å². The van der Waals surface area contributed by atoms with E-state index >= 15 is 0 Å². The van der Waals surface area contributed by atoms with E-state index in [9.17, 15) is 14.4 Å². The van der Waals surface area contributed by atoms with Crippen LogP contribution in [0.25, 0.3) is 0 Å². The van der Waals surface area contributed by atoms with Crippen LogP contribution in [0.4, 0.5) is 0 Å². The first-order chi connectivity index (χ1) is 13.1. The standard InChI is InChI=1S/C21H21NO5/c1-26-20(24)16-9-11-17(12-10-16)21(25)27-18(15-7-3-2-4-8-15)19(23)22-13-5-6-14-22/h2-4,7-12,18H,5-6,13-14H2,1H3/t18-/m0/s1. The number of likely N-dealkylation sites (tertiary alicyclic amines) is 1. The maximum atomic E-state index is 12.9. The molecule has 1 heterocycles. The molecule has 3 rings (SSSR count). The highest BCUT2D eigenvalue weighted by atomic mass is 16.5. The lowest BCUT2D eigenvalue weighted by atomic mass is 10.1. The van der Waals surface area contributed by atoms with Gasteiger partial charge in [0.2, 0.25) is 6.10 Å². The van der Waals surface area contributed by atoms with E-state index in [1.165, 1.54) is 31.4 Å². The van der Waals surface area contributed by atoms with Crippen molar-refractivity contribution in [1.82, 2.24) is 4.90 Å². The van der Waals surface area contributed by atoms with E-state index in [4.69, 9.17) is 4.74 Å². The topological polar surface area (TPSA) is 72.9 Å². The van der Waals surface area contributed by atoms with Gasteiger partial charge in [-0.3, -0.25) is 4.79 Å². The predicted molar refractivity (Wildman–Crippen MR) is 98.2 cm³/mol. The molecule has 0 unspecified atom stereocenters. The Kier molecular flexibility index (Phi) is 5.86. The third-order valence-corrected chi connectivity index (χ3v) is 4.51. The Morgan fingerprint density at radius 1 is 0.852 bits per heavy atom. The van der Waals surface area contributed by atoms with E-state index in [0.717, 1.165) is 12.8 Å². The first-order valence-electron chi connectivity index (χ1n) is 8.83. The molecule has 1 aliphatic rings. The lowest BCUT2D eigenvalue weighted by molar-refractivity contribution is -0.140. The average Bonchev–Trinajstić information content (AvgIpc) is 3.26. The molecule has 2 aromatic rings. The molecule has 1 aliphatic heterocycles. The summed E-state index contributed by atoms with van der Waals surface area (Å²) in [7, 11) is 1.29. The molecule has 6 heteroatoms. The van der Waals surface area contributed by atoms with Crippen molar-refractivity contribution in [2.75, 3.05) is 20.2 Å². The highest BCUT2D eigenvalue weighted by molar-refractivity contribution is 5.95. The molecule has 0 aromatic heterocycles. The Labute approximate surface area is 157 Å². The lowest BCUT2D eigenvalue weighted by Gasteiger charge is -2.23. The summed E-state index contributed by atoms with van der Waals surface area (Å²) in [5.41, 5.74) is 1.23. The van der Waals surface area contributed by atoms with Crippen molar-refractivity contribution in [3.05, 3.63) is 71.3 Å². The zero-order chi connectivity index (χ0) is 19.2. The van der Waals surface area contributed by atoms with Gasteiger partial charge < -0.3 is 14.4 Å². The second-order valence-electron chi connectivity index (χ2n) is 6.30. The van der Waals surface area contributed by atoms with Crippen molar-refractivity contribution < 1.29 is 23.9 Å². The van der Waals surface area contributed by atoms with Crippen LogP contribution in [0.2, 0.25) is 0 Å². The maximum absolute atomic E-state index is 12.9. The molecular weight excluding hydrogens is 346 g/mol. The Hall–Kier alpha value is -3.15. The summed E-state index contributed by atoms with van der Waals surface area (Å²) in [5.74, 6) is -1.31. The summed E-state index contributed by atoms with van der Waals surface area (Å²) < 4.78 is 10.2. The van der Waals surface area contributed by atoms with Gasteiger partial charge in [-0.15, -0.1) is 0 Å². The monoisotopic (exact) mass is 367 g/mol. The number of nitrogens with zero attached hydrogens (tertiary/aromatic N) is 1. The molecule has 0 bridgehead atoms. The summed E-state index contributed by atoms with van der Waals surface area (Å²) in [5, 5.41) is 0. The molecule has 27 heavy (non-hydrogen) atoms. The van der Waals surface area contributed by atoms with Gasteiger partial charge in [0.25, 0.3) is 5.91 Å². The van der Waals surface area contributed by atoms with Gasteiger partial charge in [-0.25, -0.2) is 9.59 Å². The summed E-state index contributed by atoms with van der Waals surface area (Å²) in [6.07, 6.45) is 0.920. The molecule has 0 spiro atoms. The minimum Gasteiger partial charge on any atom is -0.465 e. The van der Waals surface area contributed by atoms with Crippen molar-refractivity contribution in [2.45, 2.75) is 18.9 Å². The highest BCUT2D eigenvalue weighted by Crippen LogP contribution is 2.24. The fourth-order valence-electron chi connectivity index (χ4n) is 3.03. The van der Waals surface area contributed by atoms with Crippen LogP contribution in [0.15, 0.2) is 54.6 Å². The lowest BCUT2D eigenvalue weighted by Crippen LogP contribution is -2.34. The summed E-state index contributed by atoms with van der Waals surface area (Å²) in [6, 6.07) is 14.9. The number of carbonyl (C=O) groups excluding carboxylic acids is 3. The molecule has 1 saturated heterocycles. The number of carbonyl (C=O) groups is 3. The molecular formula is C21H21NO5. The largest absolute Gasteiger partial charge is 0.465 e. The van der Waals surface area contributed by atoms with Gasteiger partial charge in [-0.1, -0.05) is 30.3 Å². The Morgan fingerprint density at radius 3 is 1.96 bits per heavy atom. The number of esters is 2. The number of amides is 1. The molecule has 6 nitrogen and oxygen atoms in total. The van der Waals surface area contributed by atoms with Gasteiger partial charge in [0.05, 0.1) is 18.2 Å². The van der Waals surface area contributed by atoms with Crippen molar-refractivity contribution in [2.24, 2.45) is 0 Å². The van der Waals surface area contributed by atoms with Gasteiger partial charge in [-0.2, -0.15) is 0 Å². The predicted octanol–water partition coefficient (Wildman–Crippen LogP) is 2.99. The third kappa shape index (κ3) is 4.34. The summed E-state index contributed by atoms with van der Waals surface area (Å²) in [4.78, 5) is 38.7. The molecule has 1 fully saturated rings. The van der Waals surface area contributed by atoms with E-state index in [-0.39, 0.29) is 11.5 Å². The molecule has 140 valence electrons. The number of benzene rings is 2. The van der Waals surface area contributed by atoms with Crippen molar-refractivity contribution in [3.8, 4) is 0 Å². The fourth-order valence-corrected chi connectivity index (χ4v) is 3.03. The summed E-state index contributed by atoms with van der Waals surface area (Å²) >= 11 is 0. The normalized spacial score (nSPS) is 14.5. The second-order valence-corrected chi connectivity index (χ2v) is 6.30. The fraction of sp³-hybridized carbons (Fsp3) is 0.286. The van der Waals surface area contributed by atoms with Crippen molar-refractivity contribution in [3.63, 3.8) is 0 Å². The molecule has 2 aromatic carbocycles. The smallest absolute Gasteiger partial charge is 0.339 e. The highest BCUT2D eigenvalue weighted by Gasteiger charge is 2.31. The minimum atomic E-state index is -0.989. The van der Waals surface area contributed by atoms with Gasteiger partial charge in [-0.05, 0) is 37.1 Å². The average molecular weight is 367 g/mol. The Balaban J connectivity index is 1.80. The van der Waals surface area contributed by atoms with Crippen LogP contribution in [0.1, 0.15) is 45.2 Å². The molecule has 0 radical (unpaired) electrons. The third-order valence-electron chi connectivity index (χ3n) is 4.51. The van der Waals surface area contributed by atoms with E-state index < -0.39 is 18.0 Å². The van der Waals surface area contributed by atoms with E-state index in [0.29, 0.717) is 24.2 Å². The second kappa shape index (κ2) is 8.49. The first kappa shape index (κ1) is 18.6. The van der Waals surface area contributed by atoms with Crippen molar-refractivity contribution in [1.29, 1.82) is 0 Å². The number of hydrogen-bond acceptors (Lipinski definition) is 5. The maximum Gasteiger partial charge on any atom is 0.339 e. The van der Waals surface area contributed by atoms with Gasteiger partial charge in [0.15, 0.2) is 0 Å². The van der Waals surface area contributed by atoms with E-state index in [1.807, 2.05) is 6.07 Å². The first-order valence-corrected chi connectivity index (χ1v) is 8.83. The molecule has 0 aliphatic carbocycles. The van der Waals surface area contributed by atoms with Crippen LogP contribution in [-0.2, 0) is 14.3 Å². The van der Waals surface area contributed by atoms with Crippen LogP contribution >= 0.6 is 0 Å². The van der Waals surface area contributed by atoms with Crippen LogP contribution in [0.5, 0.6) is 0 Å². The minimum absolute atomic E-state index is 0.210. The van der Waals surface area contributed by atoms with Gasteiger partial charge in [0.1, 0.15) is 0 Å². The zero-order valence-electron chi connectivity index (χ0n) is 15.1. The van der Waals surface area contributed by atoms with E-state index in [2.05, 4.69) is 4.74 Å². The molecule has 0 saturated carbocycles. The SMILES string of the molecule is COC(=O)c1ccc(C(=O)O[C@H](C(=O)N2CCCC2)c2ccccc2)cc1. The molecule has 0 N–H and O–H groups in total. The number of ether oxygens (including phenoxy) is 2. The summed E-state index contributed by atoms with van der Waals surface area (Å²) in [6.45, 7) is 1.35. The van der Waals surface area contributed by atoms with Crippen LogP contribution in [0.3, 0.4) is 0 Å². The van der Waals surface area contributed by atoms with Gasteiger partial charge >= 0.3 is 11.9 Å². The molecule has 1 atom stereocenters. The molecule has 1 amide bonds.